The van der Waals surface area contributed by atoms with Crippen LogP contribution in [-0.4, -0.2) is 68.6 Å². The van der Waals surface area contributed by atoms with Gasteiger partial charge in [0.05, 0.1) is 37.2 Å². The second-order valence-corrected chi connectivity index (χ2v) is 9.66. The highest BCUT2D eigenvalue weighted by Gasteiger charge is 2.45. The van der Waals surface area contributed by atoms with E-state index in [0.29, 0.717) is 35.9 Å². The predicted octanol–water partition coefficient (Wildman–Crippen LogP) is 2.99. The summed E-state index contributed by atoms with van der Waals surface area (Å²) in [5, 5.41) is 24.6. The molecule has 2 unspecified atom stereocenters. The van der Waals surface area contributed by atoms with Crippen LogP contribution in [0.2, 0.25) is 0 Å². The van der Waals surface area contributed by atoms with Gasteiger partial charge in [0.2, 0.25) is 11.0 Å². The average Bonchev–Trinajstić information content (AvgIpc) is 3.55. The fourth-order valence-corrected chi connectivity index (χ4v) is 5.86. The summed E-state index contributed by atoms with van der Waals surface area (Å²) >= 11 is 1.54. The molecule has 2 atom stereocenters. The number of ether oxygens (including phenoxy) is 2. The topological polar surface area (TPSA) is 105 Å². The van der Waals surface area contributed by atoms with Crippen LogP contribution < -0.4 is 14.4 Å². The molecule has 2 bridgehead atoms. The molecule has 4 aromatic rings. The number of nitriles is 1. The van der Waals surface area contributed by atoms with Gasteiger partial charge in [-0.25, -0.2) is 9.50 Å². The number of hydrogen-bond donors (Lipinski definition) is 0. The molecule has 3 aliphatic heterocycles. The first-order valence-corrected chi connectivity index (χ1v) is 12.4. The van der Waals surface area contributed by atoms with E-state index in [0.717, 1.165) is 40.9 Å². The van der Waals surface area contributed by atoms with Crippen LogP contribution in [0, 0.1) is 11.3 Å². The van der Waals surface area contributed by atoms with Crippen molar-refractivity contribution < 1.29 is 9.47 Å². The number of methoxy groups -OCH3 is 1. The molecule has 178 valence electrons. The van der Waals surface area contributed by atoms with Gasteiger partial charge in [0, 0.05) is 49.5 Å². The van der Waals surface area contributed by atoms with Gasteiger partial charge >= 0.3 is 0 Å². The van der Waals surface area contributed by atoms with Crippen LogP contribution in [-0.2, 0) is 6.54 Å². The van der Waals surface area contributed by atoms with Crippen LogP contribution in [0.15, 0.2) is 36.8 Å². The SMILES string of the molecule is CCOc1cc(-c2nnc(N3CC4CC(C3)N4Cc3ccc(OC)nc3)s2)c2c(C#N)cnn2c1. The second kappa shape index (κ2) is 8.79. The molecule has 0 saturated carbocycles. The Morgan fingerprint density at radius 3 is 2.77 bits per heavy atom. The summed E-state index contributed by atoms with van der Waals surface area (Å²) in [6.45, 7) is 5.20. The summed E-state index contributed by atoms with van der Waals surface area (Å²) in [6, 6.07) is 9.11. The maximum absolute atomic E-state index is 9.58. The number of aromatic nitrogens is 5. The Hall–Kier alpha value is -3.75. The maximum Gasteiger partial charge on any atom is 0.212 e. The molecule has 3 saturated heterocycles. The lowest BCUT2D eigenvalue weighted by molar-refractivity contribution is -0.00856. The van der Waals surface area contributed by atoms with E-state index in [-0.39, 0.29) is 0 Å². The molecular weight excluding hydrogens is 464 g/mol. The van der Waals surface area contributed by atoms with Crippen molar-refractivity contribution in [2.24, 2.45) is 0 Å². The van der Waals surface area contributed by atoms with Gasteiger partial charge in [0.25, 0.3) is 0 Å². The Morgan fingerprint density at radius 2 is 2.06 bits per heavy atom. The molecule has 0 radical (unpaired) electrons. The van der Waals surface area contributed by atoms with E-state index in [9.17, 15) is 5.26 Å². The van der Waals surface area contributed by atoms with Gasteiger partial charge in [-0.1, -0.05) is 17.4 Å². The smallest absolute Gasteiger partial charge is 0.212 e. The van der Waals surface area contributed by atoms with Crippen molar-refractivity contribution in [3.8, 4) is 28.3 Å². The van der Waals surface area contributed by atoms with Crippen LogP contribution in [0.4, 0.5) is 5.13 Å². The van der Waals surface area contributed by atoms with E-state index in [4.69, 9.17) is 9.47 Å². The van der Waals surface area contributed by atoms with Crippen molar-refractivity contribution in [2.75, 3.05) is 31.7 Å². The van der Waals surface area contributed by atoms with Crippen LogP contribution in [0.25, 0.3) is 16.1 Å². The molecule has 0 aliphatic carbocycles. The quantitative estimate of drug-likeness (QED) is 0.388. The molecule has 0 N–H and O–H groups in total. The zero-order valence-corrected chi connectivity index (χ0v) is 20.3. The second-order valence-electron chi connectivity index (χ2n) is 8.70. The zero-order chi connectivity index (χ0) is 23.9. The predicted molar refractivity (Wildman–Crippen MR) is 131 cm³/mol. The number of piperazine rings is 1. The Bertz CT molecular complexity index is 1400. The van der Waals surface area contributed by atoms with E-state index in [1.54, 1.807) is 35.4 Å². The molecule has 4 aromatic heterocycles. The molecule has 7 heterocycles. The fraction of sp³-hybridized carbons (Fsp3) is 0.375. The normalized spacial score (nSPS) is 19.4. The molecule has 0 spiro atoms. The molecule has 10 nitrogen and oxygen atoms in total. The molecule has 0 amide bonds. The molecule has 7 rings (SSSR count). The van der Waals surface area contributed by atoms with Crippen LogP contribution in [0.3, 0.4) is 0 Å². The van der Waals surface area contributed by atoms with Crippen LogP contribution >= 0.6 is 11.3 Å². The van der Waals surface area contributed by atoms with Crippen molar-refractivity contribution in [3.63, 3.8) is 0 Å². The number of rotatable bonds is 7. The highest BCUT2D eigenvalue weighted by molar-refractivity contribution is 7.18. The third kappa shape index (κ3) is 3.84. The van der Waals surface area contributed by atoms with Crippen molar-refractivity contribution in [3.05, 3.63) is 47.9 Å². The third-order valence-electron chi connectivity index (χ3n) is 6.65. The summed E-state index contributed by atoms with van der Waals surface area (Å²) in [5.74, 6) is 1.32. The van der Waals surface area contributed by atoms with Gasteiger partial charge in [0.1, 0.15) is 11.8 Å². The van der Waals surface area contributed by atoms with Gasteiger partial charge < -0.3 is 14.4 Å². The maximum atomic E-state index is 9.58. The number of piperidine rings is 1. The van der Waals surface area contributed by atoms with Crippen molar-refractivity contribution in [1.82, 2.24) is 29.7 Å². The number of fused-ring (bicyclic) bond motifs is 3. The number of nitrogens with zero attached hydrogens (tertiary/aromatic N) is 8. The molecular formula is C24H24N8O2S. The Labute approximate surface area is 206 Å². The Morgan fingerprint density at radius 1 is 1.20 bits per heavy atom. The van der Waals surface area contributed by atoms with Crippen LogP contribution in [0.1, 0.15) is 24.5 Å². The monoisotopic (exact) mass is 488 g/mol. The van der Waals surface area contributed by atoms with Crippen molar-refractivity contribution in [1.29, 1.82) is 5.26 Å². The van der Waals surface area contributed by atoms with Gasteiger partial charge in [-0.2, -0.15) is 10.4 Å². The summed E-state index contributed by atoms with van der Waals surface area (Å²) in [7, 11) is 1.63. The van der Waals surface area contributed by atoms with Crippen molar-refractivity contribution in [2.45, 2.75) is 32.0 Å². The lowest BCUT2D eigenvalue weighted by Gasteiger charge is -2.56. The van der Waals surface area contributed by atoms with E-state index in [1.807, 2.05) is 25.3 Å². The first-order valence-electron chi connectivity index (χ1n) is 11.5. The van der Waals surface area contributed by atoms with Gasteiger partial charge in [-0.3, -0.25) is 4.90 Å². The van der Waals surface area contributed by atoms with E-state index < -0.39 is 0 Å². The summed E-state index contributed by atoms with van der Waals surface area (Å²) < 4.78 is 12.6. The van der Waals surface area contributed by atoms with E-state index in [2.05, 4.69) is 42.2 Å². The highest BCUT2D eigenvalue weighted by Crippen LogP contribution is 2.39. The minimum Gasteiger partial charge on any atom is -0.492 e. The minimum atomic E-state index is 0.483. The largest absolute Gasteiger partial charge is 0.492 e. The Kier molecular flexibility index (Phi) is 5.47. The molecule has 35 heavy (non-hydrogen) atoms. The number of pyridine rings is 2. The standard InChI is InChI=1S/C24H24N8O2S/c1-3-34-19-7-20(22-16(8-25)10-27-32(22)14-19)23-28-29-24(35-23)30-12-17-6-18(13-30)31(17)11-15-4-5-21(33-2)26-9-15/h4-5,7,9-10,14,17-18H,3,6,11-13H2,1-2H3. The van der Waals surface area contributed by atoms with Crippen molar-refractivity contribution >= 4 is 22.0 Å². The van der Waals surface area contributed by atoms with Gasteiger partial charge in [0.15, 0.2) is 5.01 Å². The Balaban J connectivity index is 1.21. The fourth-order valence-electron chi connectivity index (χ4n) is 4.98. The summed E-state index contributed by atoms with van der Waals surface area (Å²) in [4.78, 5) is 9.20. The average molecular weight is 489 g/mol. The lowest BCUT2D eigenvalue weighted by atomic mass is 9.87. The summed E-state index contributed by atoms with van der Waals surface area (Å²) in [6.07, 6.45) is 6.45. The molecule has 3 fully saturated rings. The summed E-state index contributed by atoms with van der Waals surface area (Å²) in [5.41, 5.74) is 3.23. The minimum absolute atomic E-state index is 0.483. The highest BCUT2D eigenvalue weighted by atomic mass is 32.1. The first-order chi connectivity index (χ1) is 17.2. The number of hydrogen-bond acceptors (Lipinski definition) is 10. The molecule has 3 aliphatic rings. The molecule has 0 aromatic carbocycles. The van der Waals surface area contributed by atoms with Gasteiger partial charge in [-0.15, -0.1) is 10.2 Å². The molecule has 11 heteroatoms. The number of anilines is 1. The zero-order valence-electron chi connectivity index (χ0n) is 19.5. The van der Waals surface area contributed by atoms with E-state index in [1.165, 1.54) is 12.0 Å². The third-order valence-corrected chi connectivity index (χ3v) is 7.67. The van der Waals surface area contributed by atoms with Gasteiger partial charge in [-0.05, 0) is 25.0 Å². The van der Waals surface area contributed by atoms with E-state index >= 15 is 0 Å². The lowest BCUT2D eigenvalue weighted by Crippen LogP contribution is -2.68. The van der Waals surface area contributed by atoms with Crippen LogP contribution in [0.5, 0.6) is 11.6 Å². The first kappa shape index (κ1) is 21.8.